The van der Waals surface area contributed by atoms with Gasteiger partial charge >= 0.3 is 13.7 Å². The van der Waals surface area contributed by atoms with E-state index in [1.165, 1.54) is 24.7 Å². The maximum absolute atomic E-state index is 15.8. The van der Waals surface area contributed by atoms with Crippen LogP contribution in [-0.4, -0.2) is 61.1 Å². The zero-order chi connectivity index (χ0) is 21.1. The number of fused-ring (bicyclic) bond motifs is 2. The number of hydrogen-bond acceptors (Lipinski definition) is 10. The fourth-order valence-electron chi connectivity index (χ4n) is 3.35. The molecule has 4 rings (SSSR count). The van der Waals surface area contributed by atoms with Crippen molar-refractivity contribution in [2.24, 2.45) is 0 Å². The number of anilines is 2. The number of aliphatic carboxylic acids is 1. The summed E-state index contributed by atoms with van der Waals surface area (Å²) in [6, 6.07) is -1.23. The zero-order valence-electron chi connectivity index (χ0n) is 15.4. The lowest BCUT2D eigenvalue weighted by molar-refractivity contribution is -0.138. The predicted octanol–water partition coefficient (Wildman–Crippen LogP) is 0.203. The van der Waals surface area contributed by atoms with Gasteiger partial charge in [-0.05, 0) is 13.8 Å². The summed E-state index contributed by atoms with van der Waals surface area (Å²) in [6.45, 7) is 2.19. The molecule has 6 atom stereocenters. The molecule has 29 heavy (non-hydrogen) atoms. The fourth-order valence-corrected chi connectivity index (χ4v) is 5.11. The molecule has 158 valence electrons. The number of halogens is 1. The number of alkyl halides is 1. The van der Waals surface area contributed by atoms with E-state index in [0.717, 1.165) is 0 Å². The molecule has 2 aromatic heterocycles. The molecule has 0 spiro atoms. The number of carboxylic acids is 1. The molecule has 6 N–H and O–H groups in total. The van der Waals surface area contributed by atoms with Crippen LogP contribution >= 0.6 is 7.75 Å². The van der Waals surface area contributed by atoms with Crippen LogP contribution in [0.4, 0.5) is 16.2 Å². The molecule has 2 saturated heterocycles. The Hall–Kier alpha value is -2.38. The second-order valence-corrected chi connectivity index (χ2v) is 8.70. The smallest absolute Gasteiger partial charge is 0.406 e. The molecule has 2 fully saturated rings. The maximum atomic E-state index is 15.8. The summed E-state index contributed by atoms with van der Waals surface area (Å²) in [5.41, 5.74) is 9.57. The molecule has 15 heteroatoms. The standard InChI is InChI=1S/C14H19FN7O6P/c1-5(11(23)24)21-29(25)26-3-6-8(28-29)14(2,15)12(27-6)22-4-18-7-9(16)19-13(17)20-10(7)22/h4-6,8,12H,3H2,1-2H3,(H,21,25)(H,23,24)(H4,16,17,19,20)/t5?,6-,8-,12-,14-,29?/m1/s1. The van der Waals surface area contributed by atoms with E-state index >= 15 is 4.39 Å². The Morgan fingerprint density at radius 1 is 1.52 bits per heavy atom. The Balaban J connectivity index is 1.66. The Morgan fingerprint density at radius 2 is 2.24 bits per heavy atom. The number of aromatic nitrogens is 4. The van der Waals surface area contributed by atoms with Crippen molar-refractivity contribution in [3.8, 4) is 0 Å². The Kier molecular flexibility index (Phi) is 4.51. The van der Waals surface area contributed by atoms with E-state index in [2.05, 4.69) is 20.0 Å². The van der Waals surface area contributed by atoms with Crippen LogP contribution in [0.15, 0.2) is 6.33 Å². The number of nitrogens with two attached hydrogens (primary N) is 2. The summed E-state index contributed by atoms with van der Waals surface area (Å²) < 4.78 is 46.1. The monoisotopic (exact) mass is 431 g/mol. The number of nitrogen functional groups attached to an aromatic ring is 2. The van der Waals surface area contributed by atoms with E-state index in [9.17, 15) is 9.36 Å². The molecule has 0 aliphatic carbocycles. The van der Waals surface area contributed by atoms with E-state index in [-0.39, 0.29) is 29.5 Å². The molecule has 4 heterocycles. The van der Waals surface area contributed by atoms with Gasteiger partial charge in [-0.3, -0.25) is 18.4 Å². The van der Waals surface area contributed by atoms with Crippen molar-refractivity contribution in [1.82, 2.24) is 24.6 Å². The molecular weight excluding hydrogens is 412 g/mol. The van der Waals surface area contributed by atoms with E-state index in [1.807, 2.05) is 0 Å². The lowest BCUT2D eigenvalue weighted by Crippen LogP contribution is -2.47. The fraction of sp³-hybridized carbons (Fsp3) is 0.571. The summed E-state index contributed by atoms with van der Waals surface area (Å²) in [5, 5.41) is 11.2. The van der Waals surface area contributed by atoms with Crippen LogP contribution < -0.4 is 16.6 Å². The van der Waals surface area contributed by atoms with E-state index in [4.69, 9.17) is 30.4 Å². The first-order chi connectivity index (χ1) is 13.5. The van der Waals surface area contributed by atoms with Gasteiger partial charge in [0.05, 0.1) is 12.9 Å². The van der Waals surface area contributed by atoms with Gasteiger partial charge in [-0.1, -0.05) is 0 Å². The van der Waals surface area contributed by atoms with Crippen molar-refractivity contribution in [2.45, 2.75) is 44.0 Å². The number of nitrogens with one attached hydrogen (secondary N) is 1. The minimum Gasteiger partial charge on any atom is -0.480 e. The van der Waals surface area contributed by atoms with Gasteiger partial charge in [0.25, 0.3) is 0 Å². The lowest BCUT2D eigenvalue weighted by atomic mass is 9.98. The SMILES string of the molecule is CC(NP1(=O)OC[C@H]2O[C@@H](n3cnc4c(N)nc(N)nc43)[C@](C)(F)[C@@H]2O1)C(=O)O. The Labute approximate surface area is 163 Å². The summed E-state index contributed by atoms with van der Waals surface area (Å²) in [5.74, 6) is -1.36. The average molecular weight is 431 g/mol. The highest BCUT2D eigenvalue weighted by atomic mass is 31.2. The van der Waals surface area contributed by atoms with Crippen molar-refractivity contribution in [3.05, 3.63) is 6.33 Å². The first kappa shape index (κ1) is 19.9. The molecule has 13 nitrogen and oxygen atoms in total. The zero-order valence-corrected chi connectivity index (χ0v) is 16.2. The Bertz CT molecular complexity index is 1030. The van der Waals surface area contributed by atoms with Crippen LogP contribution in [0.5, 0.6) is 0 Å². The van der Waals surface area contributed by atoms with Gasteiger partial charge in [0, 0.05) is 0 Å². The minimum absolute atomic E-state index is 0.0261. The van der Waals surface area contributed by atoms with E-state index in [1.54, 1.807) is 0 Å². The number of carbonyl (C=O) groups is 1. The quantitative estimate of drug-likeness (QED) is 0.482. The predicted molar refractivity (Wildman–Crippen MR) is 96.2 cm³/mol. The molecule has 2 unspecified atom stereocenters. The number of nitrogens with zero attached hydrogens (tertiary/aromatic N) is 4. The topological polar surface area (TPSA) is 190 Å². The third kappa shape index (κ3) is 3.22. The van der Waals surface area contributed by atoms with Crippen molar-refractivity contribution >= 4 is 36.6 Å². The third-order valence-corrected chi connectivity index (χ3v) is 6.48. The first-order valence-electron chi connectivity index (χ1n) is 8.55. The molecule has 0 amide bonds. The van der Waals surface area contributed by atoms with Crippen molar-refractivity contribution < 1.29 is 32.6 Å². The van der Waals surface area contributed by atoms with E-state index in [0.29, 0.717) is 0 Å². The summed E-state index contributed by atoms with van der Waals surface area (Å²) >= 11 is 0. The van der Waals surface area contributed by atoms with Gasteiger partial charge in [0.1, 0.15) is 23.8 Å². The van der Waals surface area contributed by atoms with Crippen LogP contribution in [0.1, 0.15) is 20.1 Å². The van der Waals surface area contributed by atoms with Crippen LogP contribution in [0.3, 0.4) is 0 Å². The number of ether oxygens (including phenoxy) is 1. The average Bonchev–Trinajstić information content (AvgIpc) is 3.13. The maximum Gasteiger partial charge on any atom is 0.406 e. The van der Waals surface area contributed by atoms with Gasteiger partial charge in [0.2, 0.25) is 5.95 Å². The number of rotatable bonds is 4. The molecule has 2 aliphatic rings. The van der Waals surface area contributed by atoms with Crippen molar-refractivity contribution in [3.63, 3.8) is 0 Å². The minimum atomic E-state index is -4.08. The van der Waals surface area contributed by atoms with E-state index < -0.39 is 43.9 Å². The second kappa shape index (κ2) is 6.57. The normalized spacial score (nSPS) is 35.5. The van der Waals surface area contributed by atoms with Crippen LogP contribution in [0.25, 0.3) is 11.2 Å². The van der Waals surface area contributed by atoms with Crippen molar-refractivity contribution in [1.29, 1.82) is 0 Å². The van der Waals surface area contributed by atoms with Gasteiger partial charge in [-0.2, -0.15) is 9.97 Å². The molecule has 0 aromatic carbocycles. The van der Waals surface area contributed by atoms with Gasteiger partial charge < -0.3 is 21.3 Å². The molecule has 0 bridgehead atoms. The third-order valence-electron chi connectivity index (χ3n) is 4.78. The second-order valence-electron chi connectivity index (χ2n) is 6.98. The highest BCUT2D eigenvalue weighted by molar-refractivity contribution is 7.51. The summed E-state index contributed by atoms with van der Waals surface area (Å²) in [4.78, 5) is 23.0. The van der Waals surface area contributed by atoms with Crippen LogP contribution in [0.2, 0.25) is 0 Å². The molecule has 0 saturated carbocycles. The Morgan fingerprint density at radius 3 is 2.93 bits per heavy atom. The molecule has 2 aromatic rings. The first-order valence-corrected chi connectivity index (χ1v) is 10.1. The van der Waals surface area contributed by atoms with Gasteiger partial charge in [-0.25, -0.2) is 19.0 Å². The highest BCUT2D eigenvalue weighted by Crippen LogP contribution is 2.57. The number of imidazole rings is 1. The summed E-state index contributed by atoms with van der Waals surface area (Å²) in [6.07, 6.45) is -2.22. The molecule has 0 radical (unpaired) electrons. The van der Waals surface area contributed by atoms with Gasteiger partial charge in [-0.15, -0.1) is 0 Å². The lowest BCUT2D eigenvalue weighted by Gasteiger charge is -2.35. The molecule has 2 aliphatic heterocycles. The summed E-state index contributed by atoms with van der Waals surface area (Å²) in [7, 11) is -4.08. The van der Waals surface area contributed by atoms with Gasteiger partial charge in [0.15, 0.2) is 23.4 Å². The highest BCUT2D eigenvalue weighted by Gasteiger charge is 2.61. The number of carboxylic acid groups (broad SMARTS) is 1. The van der Waals surface area contributed by atoms with Crippen LogP contribution in [-0.2, 0) is 23.1 Å². The molecular formula is C14H19FN7O6P. The van der Waals surface area contributed by atoms with Crippen LogP contribution in [0, 0.1) is 0 Å². The largest absolute Gasteiger partial charge is 0.480 e. The number of hydrogen-bond donors (Lipinski definition) is 4. The van der Waals surface area contributed by atoms with Crippen molar-refractivity contribution in [2.75, 3.05) is 18.1 Å².